The van der Waals surface area contributed by atoms with Crippen molar-refractivity contribution in [1.29, 1.82) is 0 Å². The third kappa shape index (κ3) is 2.21. The van der Waals surface area contributed by atoms with Gasteiger partial charge in [0.05, 0.1) is 6.10 Å². The van der Waals surface area contributed by atoms with Gasteiger partial charge in [-0.3, -0.25) is 4.79 Å². The van der Waals surface area contributed by atoms with Crippen LogP contribution in [0.15, 0.2) is 12.2 Å². The second kappa shape index (κ2) is 3.61. The predicted molar refractivity (Wildman–Crippen MR) is 53.1 cm³/mol. The fraction of sp³-hybridized carbons (Fsp3) is 0.727. The van der Waals surface area contributed by atoms with Crippen LogP contribution in [-0.4, -0.2) is 30.1 Å². The van der Waals surface area contributed by atoms with Crippen molar-refractivity contribution in [3.63, 3.8) is 0 Å². The minimum atomic E-state index is -0.584. The third-order valence-electron chi connectivity index (χ3n) is 2.54. The van der Waals surface area contributed by atoms with E-state index in [4.69, 9.17) is 14.2 Å². The van der Waals surface area contributed by atoms with E-state index in [-0.39, 0.29) is 24.3 Å². The first-order valence-electron chi connectivity index (χ1n) is 5.17. The standard InChI is InChI=1S/C11H16O4/c1-7(12)13-8-5-4-6-9-10(8)15-11(2,3)14-9/h4-5,8-10H,6H2,1-3H3/t8?,9-,10-/m0/s1. The van der Waals surface area contributed by atoms with E-state index in [0.717, 1.165) is 6.42 Å². The maximum atomic E-state index is 10.9. The Morgan fingerprint density at radius 2 is 2.20 bits per heavy atom. The van der Waals surface area contributed by atoms with Crippen molar-refractivity contribution in [2.75, 3.05) is 0 Å². The van der Waals surface area contributed by atoms with E-state index in [1.54, 1.807) is 0 Å². The fourth-order valence-corrected chi connectivity index (χ4v) is 2.08. The van der Waals surface area contributed by atoms with Gasteiger partial charge in [-0.2, -0.15) is 0 Å². The van der Waals surface area contributed by atoms with Crippen LogP contribution in [0.3, 0.4) is 0 Å². The molecular weight excluding hydrogens is 196 g/mol. The van der Waals surface area contributed by atoms with Gasteiger partial charge in [0.15, 0.2) is 5.79 Å². The lowest BCUT2D eigenvalue weighted by atomic mass is 9.99. The molecule has 0 bridgehead atoms. The van der Waals surface area contributed by atoms with Gasteiger partial charge in [0, 0.05) is 6.92 Å². The largest absolute Gasteiger partial charge is 0.455 e. The average Bonchev–Trinajstić information content (AvgIpc) is 2.39. The Labute approximate surface area is 89.2 Å². The Balaban J connectivity index is 2.10. The lowest BCUT2D eigenvalue weighted by Gasteiger charge is -2.26. The zero-order valence-electron chi connectivity index (χ0n) is 9.23. The summed E-state index contributed by atoms with van der Waals surface area (Å²) in [5.74, 6) is -0.877. The second-order valence-electron chi connectivity index (χ2n) is 4.38. The van der Waals surface area contributed by atoms with Crippen molar-refractivity contribution < 1.29 is 19.0 Å². The molecule has 2 rings (SSSR count). The first-order chi connectivity index (χ1) is 6.98. The second-order valence-corrected chi connectivity index (χ2v) is 4.38. The molecule has 4 nitrogen and oxygen atoms in total. The van der Waals surface area contributed by atoms with Crippen molar-refractivity contribution in [2.24, 2.45) is 0 Å². The number of esters is 1. The SMILES string of the molecule is CC(=O)OC1C=CC[C@@H]2OC(C)(C)O[C@@H]12. The molecule has 0 radical (unpaired) electrons. The Hall–Kier alpha value is -0.870. The van der Waals surface area contributed by atoms with Crippen LogP contribution in [0.2, 0.25) is 0 Å². The van der Waals surface area contributed by atoms with Crippen molar-refractivity contribution in [3.8, 4) is 0 Å². The number of carbonyl (C=O) groups excluding carboxylic acids is 1. The number of ether oxygens (including phenoxy) is 3. The zero-order chi connectivity index (χ0) is 11.1. The molecule has 0 amide bonds. The van der Waals surface area contributed by atoms with Gasteiger partial charge >= 0.3 is 5.97 Å². The molecule has 4 heteroatoms. The summed E-state index contributed by atoms with van der Waals surface area (Å²) in [5, 5.41) is 0. The van der Waals surface area contributed by atoms with Crippen molar-refractivity contribution >= 4 is 5.97 Å². The summed E-state index contributed by atoms with van der Waals surface area (Å²) >= 11 is 0. The molecule has 15 heavy (non-hydrogen) atoms. The molecule has 0 aromatic carbocycles. The molecule has 1 heterocycles. The molecular formula is C11H16O4. The summed E-state index contributed by atoms with van der Waals surface area (Å²) in [6.07, 6.45) is 4.16. The molecule has 1 aliphatic carbocycles. The van der Waals surface area contributed by atoms with Gasteiger partial charge in [-0.1, -0.05) is 6.08 Å². The monoisotopic (exact) mass is 212 g/mol. The van der Waals surface area contributed by atoms with Crippen LogP contribution in [-0.2, 0) is 19.0 Å². The van der Waals surface area contributed by atoms with Crippen LogP contribution in [0, 0.1) is 0 Å². The van der Waals surface area contributed by atoms with Gasteiger partial charge in [0.1, 0.15) is 12.2 Å². The predicted octanol–water partition coefficient (Wildman–Crippen LogP) is 1.40. The Kier molecular flexibility index (Phi) is 2.56. The molecule has 0 aromatic rings. The van der Waals surface area contributed by atoms with E-state index in [1.807, 2.05) is 26.0 Å². The first-order valence-corrected chi connectivity index (χ1v) is 5.17. The molecule has 0 saturated carbocycles. The highest BCUT2D eigenvalue weighted by atomic mass is 16.8. The zero-order valence-corrected chi connectivity index (χ0v) is 9.23. The lowest BCUT2D eigenvalue weighted by Crippen LogP contribution is -2.39. The lowest BCUT2D eigenvalue weighted by molar-refractivity contribution is -0.164. The van der Waals surface area contributed by atoms with Crippen molar-refractivity contribution in [2.45, 2.75) is 51.3 Å². The summed E-state index contributed by atoms with van der Waals surface area (Å²) < 4.78 is 16.6. The summed E-state index contributed by atoms with van der Waals surface area (Å²) in [5.41, 5.74) is 0. The highest BCUT2D eigenvalue weighted by Gasteiger charge is 2.46. The van der Waals surface area contributed by atoms with Crippen LogP contribution in [0.25, 0.3) is 0 Å². The summed E-state index contributed by atoms with van der Waals surface area (Å²) in [7, 11) is 0. The first kappa shape index (κ1) is 10.6. The molecule has 0 spiro atoms. The maximum absolute atomic E-state index is 10.9. The summed E-state index contributed by atoms with van der Waals surface area (Å²) in [6, 6.07) is 0. The quantitative estimate of drug-likeness (QED) is 0.487. The smallest absolute Gasteiger partial charge is 0.303 e. The Morgan fingerprint density at radius 3 is 2.87 bits per heavy atom. The Morgan fingerprint density at radius 1 is 1.47 bits per heavy atom. The fourth-order valence-electron chi connectivity index (χ4n) is 2.08. The van der Waals surface area contributed by atoms with Crippen LogP contribution in [0.4, 0.5) is 0 Å². The van der Waals surface area contributed by atoms with Gasteiger partial charge in [-0.15, -0.1) is 0 Å². The van der Waals surface area contributed by atoms with E-state index in [2.05, 4.69) is 0 Å². The average molecular weight is 212 g/mol. The minimum absolute atomic E-state index is 0.00523. The van der Waals surface area contributed by atoms with Gasteiger partial charge in [0.2, 0.25) is 0 Å². The van der Waals surface area contributed by atoms with Crippen molar-refractivity contribution in [3.05, 3.63) is 12.2 Å². The normalized spacial score (nSPS) is 37.4. The van der Waals surface area contributed by atoms with Gasteiger partial charge in [-0.05, 0) is 26.3 Å². The highest BCUT2D eigenvalue weighted by Crippen LogP contribution is 2.35. The van der Waals surface area contributed by atoms with Crippen LogP contribution in [0.1, 0.15) is 27.2 Å². The van der Waals surface area contributed by atoms with E-state index < -0.39 is 5.79 Å². The molecule has 2 aliphatic rings. The number of carbonyl (C=O) groups is 1. The minimum Gasteiger partial charge on any atom is -0.455 e. The Bertz CT molecular complexity index is 295. The third-order valence-corrected chi connectivity index (χ3v) is 2.54. The number of fused-ring (bicyclic) bond motifs is 1. The van der Waals surface area contributed by atoms with Crippen LogP contribution in [0.5, 0.6) is 0 Å². The van der Waals surface area contributed by atoms with Gasteiger partial charge < -0.3 is 14.2 Å². The van der Waals surface area contributed by atoms with Crippen LogP contribution >= 0.6 is 0 Å². The molecule has 1 fully saturated rings. The van der Waals surface area contributed by atoms with Crippen LogP contribution < -0.4 is 0 Å². The highest BCUT2D eigenvalue weighted by molar-refractivity contribution is 5.66. The van der Waals surface area contributed by atoms with Gasteiger partial charge in [-0.25, -0.2) is 0 Å². The van der Waals surface area contributed by atoms with Gasteiger partial charge in [0.25, 0.3) is 0 Å². The molecule has 84 valence electrons. The molecule has 0 N–H and O–H groups in total. The van der Waals surface area contributed by atoms with E-state index in [0.29, 0.717) is 0 Å². The topological polar surface area (TPSA) is 44.8 Å². The number of hydrogen-bond donors (Lipinski definition) is 0. The van der Waals surface area contributed by atoms with Crippen molar-refractivity contribution in [1.82, 2.24) is 0 Å². The molecule has 1 aliphatic heterocycles. The molecule has 1 saturated heterocycles. The molecule has 0 aromatic heterocycles. The summed E-state index contributed by atoms with van der Waals surface area (Å²) in [6.45, 7) is 5.14. The summed E-state index contributed by atoms with van der Waals surface area (Å²) in [4.78, 5) is 10.9. The molecule has 1 unspecified atom stereocenters. The van der Waals surface area contributed by atoms with E-state index in [1.165, 1.54) is 6.92 Å². The number of hydrogen-bond acceptors (Lipinski definition) is 4. The number of rotatable bonds is 1. The molecule has 3 atom stereocenters. The van der Waals surface area contributed by atoms with E-state index in [9.17, 15) is 4.79 Å². The van der Waals surface area contributed by atoms with E-state index >= 15 is 0 Å². The maximum Gasteiger partial charge on any atom is 0.303 e.